The molecule has 0 bridgehead atoms. The third kappa shape index (κ3) is 4.18. The van der Waals surface area contributed by atoms with Crippen molar-refractivity contribution in [2.75, 3.05) is 23.8 Å². The summed E-state index contributed by atoms with van der Waals surface area (Å²) in [7, 11) is 2.03. The minimum absolute atomic E-state index is 0.642. The summed E-state index contributed by atoms with van der Waals surface area (Å²) in [6.07, 6.45) is 3.86. The highest BCUT2D eigenvalue weighted by molar-refractivity contribution is 5.59. The number of hydrogen-bond donors (Lipinski definition) is 1. The molecule has 0 atom stereocenters. The van der Waals surface area contributed by atoms with Gasteiger partial charge in [-0.05, 0) is 30.7 Å². The van der Waals surface area contributed by atoms with Gasteiger partial charge in [-0.2, -0.15) is 5.26 Å². The minimum Gasteiger partial charge on any atom is -0.360 e. The van der Waals surface area contributed by atoms with Crippen LogP contribution in [-0.4, -0.2) is 23.6 Å². The molecular weight excluding hydrogens is 262 g/mol. The standard InChI is InChI=1S/C16H19N5/c1-3-4-9-21(2)16-10-15(18-12-19-16)20-14-7-5-13(11-17)6-8-14/h5-8,10,12H,3-4,9H2,1-2H3,(H,18,19,20). The van der Waals surface area contributed by atoms with Gasteiger partial charge in [-0.3, -0.25) is 0 Å². The zero-order valence-electron chi connectivity index (χ0n) is 12.4. The molecule has 1 heterocycles. The zero-order valence-corrected chi connectivity index (χ0v) is 12.4. The van der Waals surface area contributed by atoms with E-state index in [1.165, 1.54) is 0 Å². The molecule has 0 aliphatic rings. The summed E-state index contributed by atoms with van der Waals surface area (Å²) in [5, 5.41) is 12.0. The predicted octanol–water partition coefficient (Wildman–Crippen LogP) is 3.33. The molecule has 1 aromatic carbocycles. The van der Waals surface area contributed by atoms with Crippen LogP contribution in [0.3, 0.4) is 0 Å². The third-order valence-corrected chi connectivity index (χ3v) is 3.18. The fourth-order valence-corrected chi connectivity index (χ4v) is 1.91. The van der Waals surface area contributed by atoms with Gasteiger partial charge >= 0.3 is 0 Å². The summed E-state index contributed by atoms with van der Waals surface area (Å²) in [4.78, 5) is 10.6. The van der Waals surface area contributed by atoms with E-state index in [1.807, 2.05) is 25.2 Å². The second kappa shape index (κ2) is 7.25. The van der Waals surface area contributed by atoms with Gasteiger partial charge in [0.15, 0.2) is 0 Å². The van der Waals surface area contributed by atoms with E-state index in [0.717, 1.165) is 36.7 Å². The minimum atomic E-state index is 0.642. The second-order valence-electron chi connectivity index (χ2n) is 4.85. The molecule has 0 aliphatic heterocycles. The van der Waals surface area contributed by atoms with Gasteiger partial charge in [-0.15, -0.1) is 0 Å². The summed E-state index contributed by atoms with van der Waals surface area (Å²) < 4.78 is 0. The number of nitrogens with zero attached hydrogens (tertiary/aromatic N) is 4. The molecule has 0 amide bonds. The molecular formula is C16H19N5. The van der Waals surface area contributed by atoms with Gasteiger partial charge in [0.05, 0.1) is 11.6 Å². The number of hydrogen-bond acceptors (Lipinski definition) is 5. The van der Waals surface area contributed by atoms with Gasteiger partial charge in [0, 0.05) is 25.3 Å². The van der Waals surface area contributed by atoms with Crippen molar-refractivity contribution in [1.29, 1.82) is 5.26 Å². The number of nitrogens with one attached hydrogen (secondary N) is 1. The Morgan fingerprint density at radius 3 is 2.67 bits per heavy atom. The van der Waals surface area contributed by atoms with Crippen LogP contribution < -0.4 is 10.2 Å². The van der Waals surface area contributed by atoms with E-state index in [2.05, 4.69) is 33.2 Å². The van der Waals surface area contributed by atoms with Crippen molar-refractivity contribution in [3.63, 3.8) is 0 Å². The molecule has 0 aliphatic carbocycles. The molecule has 5 nitrogen and oxygen atoms in total. The molecule has 1 N–H and O–H groups in total. The van der Waals surface area contributed by atoms with E-state index >= 15 is 0 Å². The molecule has 2 aromatic rings. The molecule has 2 rings (SSSR count). The monoisotopic (exact) mass is 281 g/mol. The molecule has 0 saturated heterocycles. The van der Waals surface area contributed by atoms with Crippen molar-refractivity contribution < 1.29 is 0 Å². The summed E-state index contributed by atoms with van der Waals surface area (Å²) >= 11 is 0. The van der Waals surface area contributed by atoms with Crippen molar-refractivity contribution >= 4 is 17.3 Å². The number of anilines is 3. The van der Waals surface area contributed by atoms with Crippen LogP contribution in [0.2, 0.25) is 0 Å². The number of aromatic nitrogens is 2. The second-order valence-corrected chi connectivity index (χ2v) is 4.85. The fourth-order valence-electron chi connectivity index (χ4n) is 1.91. The lowest BCUT2D eigenvalue weighted by Gasteiger charge is -2.18. The highest BCUT2D eigenvalue weighted by Crippen LogP contribution is 2.18. The SMILES string of the molecule is CCCCN(C)c1cc(Nc2ccc(C#N)cc2)ncn1. The van der Waals surface area contributed by atoms with Crippen molar-refractivity contribution in [1.82, 2.24) is 9.97 Å². The molecule has 0 radical (unpaired) electrons. The quantitative estimate of drug-likeness (QED) is 0.879. The normalized spacial score (nSPS) is 9.95. The van der Waals surface area contributed by atoms with Gasteiger partial charge in [0.1, 0.15) is 18.0 Å². The van der Waals surface area contributed by atoms with E-state index in [9.17, 15) is 0 Å². The average molecular weight is 281 g/mol. The Hall–Kier alpha value is -2.61. The maximum atomic E-state index is 8.79. The van der Waals surface area contributed by atoms with Crippen LogP contribution in [-0.2, 0) is 0 Å². The van der Waals surface area contributed by atoms with Crippen LogP contribution in [0.25, 0.3) is 0 Å². The number of unbranched alkanes of at least 4 members (excludes halogenated alkanes) is 1. The summed E-state index contributed by atoms with van der Waals surface area (Å²) in [6, 6.07) is 11.3. The Kier molecular flexibility index (Phi) is 5.10. The molecule has 21 heavy (non-hydrogen) atoms. The molecule has 0 spiro atoms. The highest BCUT2D eigenvalue weighted by atomic mass is 15.2. The molecule has 5 heteroatoms. The molecule has 108 valence electrons. The lowest BCUT2D eigenvalue weighted by Crippen LogP contribution is -2.19. The Morgan fingerprint density at radius 1 is 1.24 bits per heavy atom. The van der Waals surface area contributed by atoms with E-state index < -0.39 is 0 Å². The summed E-state index contributed by atoms with van der Waals surface area (Å²) in [5.41, 5.74) is 1.54. The Balaban J connectivity index is 2.08. The van der Waals surface area contributed by atoms with Gasteiger partial charge in [0.25, 0.3) is 0 Å². The third-order valence-electron chi connectivity index (χ3n) is 3.18. The summed E-state index contributed by atoms with van der Waals surface area (Å²) in [6.45, 7) is 3.15. The molecule has 0 fully saturated rings. The Bertz CT molecular complexity index is 615. The highest BCUT2D eigenvalue weighted by Gasteiger charge is 2.04. The van der Waals surface area contributed by atoms with Gasteiger partial charge < -0.3 is 10.2 Å². The van der Waals surface area contributed by atoms with Crippen LogP contribution >= 0.6 is 0 Å². The zero-order chi connectivity index (χ0) is 15.1. The van der Waals surface area contributed by atoms with Crippen molar-refractivity contribution in [2.45, 2.75) is 19.8 Å². The lowest BCUT2D eigenvalue weighted by atomic mass is 10.2. The molecule has 0 saturated carbocycles. The van der Waals surface area contributed by atoms with Crippen molar-refractivity contribution in [3.8, 4) is 6.07 Å². The van der Waals surface area contributed by atoms with Crippen LogP contribution in [0.4, 0.5) is 17.3 Å². The van der Waals surface area contributed by atoms with Crippen LogP contribution in [0, 0.1) is 11.3 Å². The maximum Gasteiger partial charge on any atom is 0.135 e. The number of rotatable bonds is 6. The maximum absolute atomic E-state index is 8.79. The van der Waals surface area contributed by atoms with E-state index in [-0.39, 0.29) is 0 Å². The first kappa shape index (κ1) is 14.8. The van der Waals surface area contributed by atoms with Crippen molar-refractivity contribution in [2.24, 2.45) is 0 Å². The van der Waals surface area contributed by atoms with Gasteiger partial charge in [0.2, 0.25) is 0 Å². The van der Waals surface area contributed by atoms with Crippen LogP contribution in [0.15, 0.2) is 36.7 Å². The lowest BCUT2D eigenvalue weighted by molar-refractivity contribution is 0.758. The smallest absolute Gasteiger partial charge is 0.135 e. The molecule has 1 aromatic heterocycles. The Labute approximate surface area is 125 Å². The number of benzene rings is 1. The van der Waals surface area contributed by atoms with Crippen LogP contribution in [0.5, 0.6) is 0 Å². The van der Waals surface area contributed by atoms with Crippen LogP contribution in [0.1, 0.15) is 25.3 Å². The first-order valence-corrected chi connectivity index (χ1v) is 7.03. The topological polar surface area (TPSA) is 64.8 Å². The largest absolute Gasteiger partial charge is 0.360 e. The first-order chi connectivity index (χ1) is 10.2. The van der Waals surface area contributed by atoms with Gasteiger partial charge in [-0.25, -0.2) is 9.97 Å². The van der Waals surface area contributed by atoms with Crippen molar-refractivity contribution in [3.05, 3.63) is 42.2 Å². The van der Waals surface area contributed by atoms with E-state index in [1.54, 1.807) is 18.5 Å². The fraction of sp³-hybridized carbons (Fsp3) is 0.312. The molecule has 0 unspecified atom stereocenters. The number of nitriles is 1. The Morgan fingerprint density at radius 2 is 2.00 bits per heavy atom. The predicted molar refractivity (Wildman–Crippen MR) is 84.6 cm³/mol. The average Bonchev–Trinajstić information content (AvgIpc) is 2.53. The first-order valence-electron chi connectivity index (χ1n) is 7.03. The van der Waals surface area contributed by atoms with E-state index in [4.69, 9.17) is 5.26 Å². The van der Waals surface area contributed by atoms with Gasteiger partial charge in [-0.1, -0.05) is 13.3 Å². The van der Waals surface area contributed by atoms with E-state index in [0.29, 0.717) is 5.56 Å². The summed E-state index contributed by atoms with van der Waals surface area (Å²) in [5.74, 6) is 1.64.